The molecule has 0 aromatic heterocycles. The van der Waals surface area contributed by atoms with Crippen LogP contribution >= 0.6 is 0 Å². The molecule has 0 spiro atoms. The van der Waals surface area contributed by atoms with Gasteiger partial charge in [0.1, 0.15) is 5.75 Å². The van der Waals surface area contributed by atoms with E-state index in [4.69, 9.17) is 19.9 Å². The first kappa shape index (κ1) is 15.2. The number of methoxy groups -OCH3 is 3. The van der Waals surface area contributed by atoms with Crippen LogP contribution < -0.4 is 19.9 Å². The number of hydrogen-bond acceptors (Lipinski definition) is 4. The molecule has 4 heteroatoms. The molecule has 0 fully saturated rings. The second-order valence-corrected chi connectivity index (χ2v) is 4.84. The van der Waals surface area contributed by atoms with Gasteiger partial charge in [0.25, 0.3) is 0 Å². The lowest BCUT2D eigenvalue weighted by Gasteiger charge is -2.18. The highest BCUT2D eigenvalue weighted by Gasteiger charge is 2.16. The molecule has 0 aliphatic rings. The standard InChI is InChI=1S/C17H21NO3/c1-11-5-7-13(15(9-11)20-3)17(18)12-6-8-14(19-2)16(10-12)21-4/h5-10,17H,18H2,1-4H3. The zero-order valence-corrected chi connectivity index (χ0v) is 12.8. The summed E-state index contributed by atoms with van der Waals surface area (Å²) in [5.74, 6) is 2.14. The lowest BCUT2D eigenvalue weighted by Crippen LogP contribution is -2.13. The topological polar surface area (TPSA) is 53.7 Å². The van der Waals surface area contributed by atoms with Crippen LogP contribution in [0.4, 0.5) is 0 Å². The number of benzene rings is 2. The van der Waals surface area contributed by atoms with Crippen LogP contribution in [0.15, 0.2) is 36.4 Å². The molecule has 0 aliphatic carbocycles. The van der Waals surface area contributed by atoms with Gasteiger partial charge in [-0.25, -0.2) is 0 Å². The minimum absolute atomic E-state index is 0.291. The lowest BCUT2D eigenvalue weighted by atomic mass is 9.97. The molecule has 0 aliphatic heterocycles. The van der Waals surface area contributed by atoms with Crippen LogP contribution in [0.3, 0.4) is 0 Å². The van der Waals surface area contributed by atoms with E-state index in [9.17, 15) is 0 Å². The smallest absolute Gasteiger partial charge is 0.161 e. The fourth-order valence-corrected chi connectivity index (χ4v) is 2.30. The average Bonchev–Trinajstić information content (AvgIpc) is 2.53. The van der Waals surface area contributed by atoms with E-state index in [-0.39, 0.29) is 6.04 Å². The van der Waals surface area contributed by atoms with E-state index < -0.39 is 0 Å². The number of rotatable bonds is 5. The van der Waals surface area contributed by atoms with Crippen molar-refractivity contribution < 1.29 is 14.2 Å². The molecule has 0 saturated heterocycles. The Morgan fingerprint density at radius 3 is 2.10 bits per heavy atom. The molecule has 0 heterocycles. The van der Waals surface area contributed by atoms with Crippen LogP contribution in [0.25, 0.3) is 0 Å². The van der Waals surface area contributed by atoms with Crippen molar-refractivity contribution in [2.75, 3.05) is 21.3 Å². The molecular weight excluding hydrogens is 266 g/mol. The number of hydrogen-bond donors (Lipinski definition) is 1. The van der Waals surface area contributed by atoms with Gasteiger partial charge in [0.05, 0.1) is 27.4 Å². The zero-order chi connectivity index (χ0) is 15.4. The predicted molar refractivity (Wildman–Crippen MR) is 83.3 cm³/mol. The first-order chi connectivity index (χ1) is 10.1. The SMILES string of the molecule is COc1ccc(C(N)c2ccc(C)cc2OC)cc1OC. The quantitative estimate of drug-likeness (QED) is 0.918. The highest BCUT2D eigenvalue weighted by molar-refractivity contribution is 5.48. The van der Waals surface area contributed by atoms with Crippen molar-refractivity contribution in [1.29, 1.82) is 0 Å². The van der Waals surface area contributed by atoms with Crippen LogP contribution in [0.1, 0.15) is 22.7 Å². The lowest BCUT2D eigenvalue weighted by molar-refractivity contribution is 0.354. The maximum absolute atomic E-state index is 6.38. The van der Waals surface area contributed by atoms with Gasteiger partial charge in [-0.05, 0) is 36.2 Å². The van der Waals surface area contributed by atoms with E-state index in [2.05, 4.69) is 0 Å². The minimum atomic E-state index is -0.291. The van der Waals surface area contributed by atoms with Crippen molar-refractivity contribution in [1.82, 2.24) is 0 Å². The number of aryl methyl sites for hydroxylation is 1. The Morgan fingerprint density at radius 2 is 1.48 bits per heavy atom. The summed E-state index contributed by atoms with van der Waals surface area (Å²) >= 11 is 0. The molecule has 2 rings (SSSR count). The van der Waals surface area contributed by atoms with Crippen LogP contribution in [0, 0.1) is 6.92 Å². The Morgan fingerprint density at radius 1 is 0.810 bits per heavy atom. The molecule has 0 saturated carbocycles. The first-order valence-electron chi connectivity index (χ1n) is 6.72. The second-order valence-electron chi connectivity index (χ2n) is 4.84. The summed E-state index contributed by atoms with van der Waals surface area (Å²) in [6.07, 6.45) is 0. The van der Waals surface area contributed by atoms with E-state index in [1.165, 1.54) is 0 Å². The molecule has 0 radical (unpaired) electrons. The van der Waals surface area contributed by atoms with Crippen molar-refractivity contribution in [2.24, 2.45) is 5.73 Å². The highest BCUT2D eigenvalue weighted by Crippen LogP contribution is 2.34. The monoisotopic (exact) mass is 287 g/mol. The normalized spacial score (nSPS) is 11.9. The van der Waals surface area contributed by atoms with Gasteiger partial charge in [0.2, 0.25) is 0 Å². The summed E-state index contributed by atoms with van der Waals surface area (Å²) in [4.78, 5) is 0. The third-order valence-electron chi connectivity index (χ3n) is 3.49. The van der Waals surface area contributed by atoms with E-state index in [1.54, 1.807) is 21.3 Å². The number of ether oxygens (including phenoxy) is 3. The first-order valence-corrected chi connectivity index (χ1v) is 6.72. The maximum Gasteiger partial charge on any atom is 0.161 e. The van der Waals surface area contributed by atoms with Crippen molar-refractivity contribution in [2.45, 2.75) is 13.0 Å². The van der Waals surface area contributed by atoms with Gasteiger partial charge in [-0.3, -0.25) is 0 Å². The van der Waals surface area contributed by atoms with E-state index >= 15 is 0 Å². The summed E-state index contributed by atoms with van der Waals surface area (Å²) < 4.78 is 16.0. The fraction of sp³-hybridized carbons (Fsp3) is 0.294. The molecule has 4 nitrogen and oxygen atoms in total. The van der Waals surface area contributed by atoms with Crippen molar-refractivity contribution in [3.8, 4) is 17.2 Å². The van der Waals surface area contributed by atoms with Crippen molar-refractivity contribution >= 4 is 0 Å². The van der Waals surface area contributed by atoms with E-state index in [1.807, 2.05) is 43.3 Å². The second kappa shape index (κ2) is 6.50. The maximum atomic E-state index is 6.38. The van der Waals surface area contributed by atoms with E-state index in [0.717, 1.165) is 22.4 Å². The van der Waals surface area contributed by atoms with Gasteiger partial charge >= 0.3 is 0 Å². The summed E-state index contributed by atoms with van der Waals surface area (Å²) in [6.45, 7) is 2.02. The summed E-state index contributed by atoms with van der Waals surface area (Å²) in [6, 6.07) is 11.4. The Kier molecular flexibility index (Phi) is 4.70. The molecule has 112 valence electrons. The fourth-order valence-electron chi connectivity index (χ4n) is 2.30. The van der Waals surface area contributed by atoms with Crippen LogP contribution in [-0.2, 0) is 0 Å². The van der Waals surface area contributed by atoms with Gasteiger partial charge in [0, 0.05) is 5.56 Å². The molecular formula is C17H21NO3. The average molecular weight is 287 g/mol. The Balaban J connectivity index is 2.42. The largest absolute Gasteiger partial charge is 0.496 e. The minimum Gasteiger partial charge on any atom is -0.496 e. The molecule has 1 unspecified atom stereocenters. The highest BCUT2D eigenvalue weighted by atomic mass is 16.5. The van der Waals surface area contributed by atoms with Gasteiger partial charge in [-0.1, -0.05) is 18.2 Å². The van der Waals surface area contributed by atoms with Crippen molar-refractivity contribution in [3.63, 3.8) is 0 Å². The Bertz CT molecular complexity index is 625. The van der Waals surface area contributed by atoms with Gasteiger partial charge in [-0.2, -0.15) is 0 Å². The van der Waals surface area contributed by atoms with Crippen molar-refractivity contribution in [3.05, 3.63) is 53.1 Å². The Labute approximate surface area is 125 Å². The molecule has 2 aromatic rings. The number of nitrogens with two attached hydrogens (primary N) is 1. The summed E-state index contributed by atoms with van der Waals surface area (Å²) in [7, 11) is 4.87. The third kappa shape index (κ3) is 3.11. The van der Waals surface area contributed by atoms with Crippen LogP contribution in [0.2, 0.25) is 0 Å². The van der Waals surface area contributed by atoms with Crippen LogP contribution in [0.5, 0.6) is 17.2 Å². The molecule has 1 atom stereocenters. The molecule has 2 aromatic carbocycles. The molecule has 0 bridgehead atoms. The summed E-state index contributed by atoms with van der Waals surface area (Å²) in [5.41, 5.74) is 9.40. The molecule has 2 N–H and O–H groups in total. The van der Waals surface area contributed by atoms with Gasteiger partial charge < -0.3 is 19.9 Å². The zero-order valence-electron chi connectivity index (χ0n) is 12.8. The Hall–Kier alpha value is -2.20. The third-order valence-corrected chi connectivity index (χ3v) is 3.49. The summed E-state index contributed by atoms with van der Waals surface area (Å²) in [5, 5.41) is 0. The predicted octanol–water partition coefficient (Wildman–Crippen LogP) is 3.07. The van der Waals surface area contributed by atoms with Crippen LogP contribution in [-0.4, -0.2) is 21.3 Å². The van der Waals surface area contributed by atoms with E-state index in [0.29, 0.717) is 11.5 Å². The van der Waals surface area contributed by atoms with Gasteiger partial charge in [-0.15, -0.1) is 0 Å². The van der Waals surface area contributed by atoms with Gasteiger partial charge in [0.15, 0.2) is 11.5 Å². The molecule has 0 amide bonds. The molecule has 21 heavy (non-hydrogen) atoms.